The van der Waals surface area contributed by atoms with Crippen molar-refractivity contribution in [3.63, 3.8) is 0 Å². The second kappa shape index (κ2) is 4.98. The van der Waals surface area contributed by atoms with Gasteiger partial charge in [-0.25, -0.2) is 0 Å². The number of rotatable bonds is 4. The van der Waals surface area contributed by atoms with Gasteiger partial charge in [0.2, 0.25) is 5.89 Å². The van der Waals surface area contributed by atoms with Crippen molar-refractivity contribution in [2.45, 2.75) is 25.4 Å². The minimum absolute atomic E-state index is 0.153. The van der Waals surface area contributed by atoms with Crippen LogP contribution in [0.1, 0.15) is 29.9 Å². The maximum atomic E-state index is 5.79. The Morgan fingerprint density at radius 3 is 3.00 bits per heavy atom. The molecule has 0 spiro atoms. The average molecular weight is 265 g/mol. The summed E-state index contributed by atoms with van der Waals surface area (Å²) in [5.74, 6) is 2.69. The molecule has 0 N–H and O–H groups in total. The van der Waals surface area contributed by atoms with Crippen molar-refractivity contribution in [2.24, 2.45) is 0 Å². The zero-order valence-electron chi connectivity index (χ0n) is 9.80. The molecule has 2 aromatic rings. The Morgan fingerprint density at radius 2 is 2.17 bits per heavy atom. The van der Waals surface area contributed by atoms with Gasteiger partial charge in [-0.1, -0.05) is 18.2 Å². The molecule has 0 radical (unpaired) electrons. The molecule has 3 rings (SSSR count). The molecule has 0 aliphatic carbocycles. The van der Waals surface area contributed by atoms with Gasteiger partial charge in [0, 0.05) is 18.7 Å². The molecule has 0 fully saturated rings. The van der Waals surface area contributed by atoms with Crippen molar-refractivity contribution >= 4 is 11.6 Å². The summed E-state index contributed by atoms with van der Waals surface area (Å²) in [4.78, 5) is 0. The quantitative estimate of drug-likeness (QED) is 0.797. The zero-order valence-corrected chi connectivity index (χ0v) is 10.6. The minimum atomic E-state index is -0.153. The number of nitrogens with zero attached hydrogens (tertiary/aromatic N) is 2. The van der Waals surface area contributed by atoms with Crippen LogP contribution in [-0.2, 0) is 12.8 Å². The summed E-state index contributed by atoms with van der Waals surface area (Å²) in [6.07, 6.45) is 2.19. The molecule has 18 heavy (non-hydrogen) atoms. The SMILES string of the molecule is ClCCCc1nnc(C2Cc3ccccc3O2)o1. The third-order valence-electron chi connectivity index (χ3n) is 2.93. The lowest BCUT2D eigenvalue weighted by molar-refractivity contribution is 0.195. The first-order valence-electron chi connectivity index (χ1n) is 5.99. The Morgan fingerprint density at radius 1 is 1.28 bits per heavy atom. The molecule has 0 saturated carbocycles. The van der Waals surface area contributed by atoms with E-state index in [1.807, 2.05) is 18.2 Å². The van der Waals surface area contributed by atoms with E-state index in [9.17, 15) is 0 Å². The summed E-state index contributed by atoms with van der Waals surface area (Å²) >= 11 is 5.63. The van der Waals surface area contributed by atoms with Crippen LogP contribution in [0.3, 0.4) is 0 Å². The van der Waals surface area contributed by atoms with Crippen LogP contribution in [0.15, 0.2) is 28.7 Å². The highest BCUT2D eigenvalue weighted by molar-refractivity contribution is 6.17. The van der Waals surface area contributed by atoms with Gasteiger partial charge >= 0.3 is 0 Å². The van der Waals surface area contributed by atoms with Crippen molar-refractivity contribution < 1.29 is 9.15 Å². The number of para-hydroxylation sites is 1. The first-order chi connectivity index (χ1) is 8.86. The van der Waals surface area contributed by atoms with E-state index in [4.69, 9.17) is 20.8 Å². The fourth-order valence-corrected chi connectivity index (χ4v) is 2.17. The number of aryl methyl sites for hydroxylation is 1. The van der Waals surface area contributed by atoms with Crippen LogP contribution in [0.5, 0.6) is 5.75 Å². The van der Waals surface area contributed by atoms with E-state index in [1.54, 1.807) is 0 Å². The van der Waals surface area contributed by atoms with Gasteiger partial charge in [0.15, 0.2) is 6.10 Å². The van der Waals surface area contributed by atoms with Crippen LogP contribution < -0.4 is 4.74 Å². The molecule has 2 heterocycles. The fraction of sp³-hybridized carbons (Fsp3) is 0.385. The monoisotopic (exact) mass is 264 g/mol. The first-order valence-corrected chi connectivity index (χ1v) is 6.53. The van der Waals surface area contributed by atoms with Gasteiger partial charge in [-0.2, -0.15) is 0 Å². The Hall–Kier alpha value is -1.55. The summed E-state index contributed by atoms with van der Waals surface area (Å²) in [7, 11) is 0. The lowest BCUT2D eigenvalue weighted by Gasteiger charge is -2.04. The molecule has 1 atom stereocenters. The number of hydrogen-bond donors (Lipinski definition) is 0. The Kier molecular flexibility index (Phi) is 3.19. The average Bonchev–Trinajstić information content (AvgIpc) is 3.02. The Bertz CT molecular complexity index is 516. The van der Waals surface area contributed by atoms with E-state index in [0.717, 1.165) is 25.0 Å². The lowest BCUT2D eigenvalue weighted by Crippen LogP contribution is -2.03. The van der Waals surface area contributed by atoms with Gasteiger partial charge in [0.1, 0.15) is 5.75 Å². The minimum Gasteiger partial charge on any atom is -0.480 e. The summed E-state index contributed by atoms with van der Waals surface area (Å²) in [6, 6.07) is 7.98. The summed E-state index contributed by atoms with van der Waals surface area (Å²) in [5.41, 5.74) is 1.18. The maximum absolute atomic E-state index is 5.79. The van der Waals surface area contributed by atoms with Crippen LogP contribution in [0.2, 0.25) is 0 Å². The smallest absolute Gasteiger partial charge is 0.257 e. The highest BCUT2D eigenvalue weighted by atomic mass is 35.5. The van der Waals surface area contributed by atoms with Gasteiger partial charge in [0.05, 0.1) is 0 Å². The molecule has 0 bridgehead atoms. The number of halogens is 1. The Labute approximate surface area is 110 Å². The maximum Gasteiger partial charge on any atom is 0.257 e. The second-order valence-corrected chi connectivity index (χ2v) is 4.62. The van der Waals surface area contributed by atoms with Crippen LogP contribution >= 0.6 is 11.6 Å². The molecular weight excluding hydrogens is 252 g/mol. The molecule has 5 heteroatoms. The standard InChI is InChI=1S/C13H13ClN2O2/c14-7-3-6-12-15-16-13(18-12)11-8-9-4-1-2-5-10(9)17-11/h1-2,4-5,11H,3,6-8H2. The molecule has 0 saturated heterocycles. The molecule has 1 unspecified atom stereocenters. The number of aromatic nitrogens is 2. The summed E-state index contributed by atoms with van der Waals surface area (Å²) in [5, 5.41) is 8.06. The van der Waals surface area contributed by atoms with Gasteiger partial charge < -0.3 is 9.15 Å². The molecule has 1 aliphatic heterocycles. The highest BCUT2D eigenvalue weighted by Crippen LogP contribution is 2.35. The molecular formula is C13H13ClN2O2. The normalized spacial score (nSPS) is 17.5. The summed E-state index contributed by atoms with van der Waals surface area (Å²) in [6.45, 7) is 0. The van der Waals surface area contributed by atoms with E-state index in [-0.39, 0.29) is 6.10 Å². The van der Waals surface area contributed by atoms with E-state index in [0.29, 0.717) is 17.7 Å². The van der Waals surface area contributed by atoms with Crippen molar-refractivity contribution in [1.82, 2.24) is 10.2 Å². The van der Waals surface area contributed by atoms with Crippen LogP contribution in [0, 0.1) is 0 Å². The molecule has 0 amide bonds. The number of benzene rings is 1. The second-order valence-electron chi connectivity index (χ2n) is 4.24. The summed E-state index contributed by atoms with van der Waals surface area (Å²) < 4.78 is 11.4. The van der Waals surface area contributed by atoms with E-state index < -0.39 is 0 Å². The van der Waals surface area contributed by atoms with Crippen LogP contribution in [0.4, 0.5) is 0 Å². The molecule has 1 aromatic carbocycles. The third kappa shape index (κ3) is 2.20. The predicted octanol–water partition coefficient (Wildman–Crippen LogP) is 2.92. The molecule has 1 aliphatic rings. The third-order valence-corrected chi connectivity index (χ3v) is 3.20. The van der Waals surface area contributed by atoms with Crippen molar-refractivity contribution in [2.75, 3.05) is 5.88 Å². The van der Waals surface area contributed by atoms with E-state index in [1.165, 1.54) is 5.56 Å². The van der Waals surface area contributed by atoms with Crippen LogP contribution in [0.25, 0.3) is 0 Å². The zero-order chi connectivity index (χ0) is 12.4. The number of ether oxygens (including phenoxy) is 1. The van der Waals surface area contributed by atoms with Gasteiger partial charge in [0.25, 0.3) is 5.89 Å². The Balaban J connectivity index is 1.72. The van der Waals surface area contributed by atoms with Gasteiger partial charge in [-0.05, 0) is 18.1 Å². The van der Waals surface area contributed by atoms with E-state index >= 15 is 0 Å². The highest BCUT2D eigenvalue weighted by Gasteiger charge is 2.28. The van der Waals surface area contributed by atoms with Crippen molar-refractivity contribution in [3.05, 3.63) is 41.6 Å². The van der Waals surface area contributed by atoms with Crippen molar-refractivity contribution in [3.8, 4) is 5.75 Å². The van der Waals surface area contributed by atoms with Crippen LogP contribution in [-0.4, -0.2) is 16.1 Å². The van der Waals surface area contributed by atoms with Gasteiger partial charge in [-0.15, -0.1) is 21.8 Å². The lowest BCUT2D eigenvalue weighted by atomic mass is 10.1. The first kappa shape index (κ1) is 11.5. The number of fused-ring (bicyclic) bond motifs is 1. The molecule has 4 nitrogen and oxygen atoms in total. The van der Waals surface area contributed by atoms with Crippen molar-refractivity contribution in [1.29, 1.82) is 0 Å². The fourth-order valence-electron chi connectivity index (χ4n) is 2.04. The predicted molar refractivity (Wildman–Crippen MR) is 66.9 cm³/mol. The number of alkyl halides is 1. The molecule has 94 valence electrons. The molecule has 1 aromatic heterocycles. The largest absolute Gasteiger partial charge is 0.480 e. The topological polar surface area (TPSA) is 48.2 Å². The van der Waals surface area contributed by atoms with Gasteiger partial charge in [-0.3, -0.25) is 0 Å². The van der Waals surface area contributed by atoms with E-state index in [2.05, 4.69) is 16.3 Å². The number of hydrogen-bond acceptors (Lipinski definition) is 4.